The number of hydrogen-bond acceptors (Lipinski definition) is 5. The van der Waals surface area contributed by atoms with E-state index in [1.165, 1.54) is 11.0 Å². The highest BCUT2D eigenvalue weighted by atomic mass is 16.2. The fourth-order valence-electron chi connectivity index (χ4n) is 0.686. The molecule has 0 unspecified atom stereocenters. The van der Waals surface area contributed by atoms with Gasteiger partial charge in [0.05, 0.1) is 6.21 Å². The molecule has 0 aromatic carbocycles. The number of aryl methyl sites for hydroxylation is 1. The minimum Gasteiger partial charge on any atom is -0.380 e. The number of nitrogens with two attached hydrogens (primary N) is 2. The quantitative estimate of drug-likeness (QED) is 0.377. The number of hydrazone groups is 1. The Morgan fingerprint density at radius 1 is 1.69 bits per heavy atom. The van der Waals surface area contributed by atoms with E-state index in [1.807, 2.05) is 5.43 Å². The van der Waals surface area contributed by atoms with Gasteiger partial charge >= 0.3 is 6.03 Å². The van der Waals surface area contributed by atoms with Crippen LogP contribution in [0.2, 0.25) is 0 Å². The van der Waals surface area contributed by atoms with E-state index in [0.29, 0.717) is 5.69 Å². The molecule has 2 amide bonds. The van der Waals surface area contributed by atoms with Gasteiger partial charge in [0.25, 0.3) is 0 Å². The van der Waals surface area contributed by atoms with Gasteiger partial charge < -0.3 is 11.5 Å². The molecule has 0 saturated carbocycles. The van der Waals surface area contributed by atoms with Crippen LogP contribution >= 0.6 is 0 Å². The maximum atomic E-state index is 10.2. The minimum atomic E-state index is -0.751. The standard InChI is InChI=1S/C5H9N7O/c1-12-10-3(4(6)11-12)2-8-9-5(7)13/h2H,1H3,(H2,6,11)(H3,7,9,13)/b8-2+. The lowest BCUT2D eigenvalue weighted by atomic mass is 10.5. The molecule has 5 N–H and O–H groups in total. The zero-order valence-electron chi connectivity index (χ0n) is 6.93. The number of hydrogen-bond donors (Lipinski definition) is 3. The number of nitrogens with one attached hydrogen (secondary N) is 1. The van der Waals surface area contributed by atoms with Crippen LogP contribution in [0.5, 0.6) is 0 Å². The zero-order valence-corrected chi connectivity index (χ0v) is 6.93. The lowest BCUT2D eigenvalue weighted by Gasteiger charge is -1.88. The highest BCUT2D eigenvalue weighted by Gasteiger charge is 2.01. The van der Waals surface area contributed by atoms with Gasteiger partial charge in [-0.15, -0.1) is 5.10 Å². The maximum absolute atomic E-state index is 10.2. The second-order valence-electron chi connectivity index (χ2n) is 2.19. The van der Waals surface area contributed by atoms with Crippen molar-refractivity contribution in [3.8, 4) is 0 Å². The Balaban J connectivity index is 2.68. The average Bonchev–Trinajstić information content (AvgIpc) is 2.29. The third-order valence-electron chi connectivity index (χ3n) is 1.13. The van der Waals surface area contributed by atoms with E-state index in [-0.39, 0.29) is 5.82 Å². The minimum absolute atomic E-state index is 0.234. The van der Waals surface area contributed by atoms with Gasteiger partial charge in [0.1, 0.15) is 5.69 Å². The van der Waals surface area contributed by atoms with Gasteiger partial charge in [-0.05, 0) is 0 Å². The van der Waals surface area contributed by atoms with Crippen molar-refractivity contribution in [1.29, 1.82) is 0 Å². The molecule has 0 aliphatic rings. The first-order valence-corrected chi connectivity index (χ1v) is 3.35. The van der Waals surface area contributed by atoms with E-state index < -0.39 is 6.03 Å². The number of nitrogens with zero attached hydrogens (tertiary/aromatic N) is 4. The highest BCUT2D eigenvalue weighted by molar-refractivity contribution is 5.83. The van der Waals surface area contributed by atoms with Gasteiger partial charge in [0.15, 0.2) is 5.82 Å². The number of carbonyl (C=O) groups is 1. The van der Waals surface area contributed by atoms with Gasteiger partial charge in [-0.25, -0.2) is 10.2 Å². The van der Waals surface area contributed by atoms with Crippen molar-refractivity contribution in [2.45, 2.75) is 0 Å². The largest absolute Gasteiger partial charge is 0.380 e. The Bertz CT molecular complexity index is 341. The van der Waals surface area contributed by atoms with Crippen molar-refractivity contribution in [2.24, 2.45) is 17.9 Å². The third kappa shape index (κ3) is 2.43. The Hall–Kier alpha value is -2.12. The first kappa shape index (κ1) is 8.97. The van der Waals surface area contributed by atoms with Crippen LogP contribution < -0.4 is 16.9 Å². The fraction of sp³-hybridized carbons (Fsp3) is 0.200. The van der Waals surface area contributed by atoms with Gasteiger partial charge in [-0.3, -0.25) is 0 Å². The first-order valence-electron chi connectivity index (χ1n) is 3.35. The van der Waals surface area contributed by atoms with Crippen LogP contribution in [-0.2, 0) is 7.05 Å². The summed E-state index contributed by atoms with van der Waals surface area (Å²) in [6.07, 6.45) is 1.26. The summed E-state index contributed by atoms with van der Waals surface area (Å²) >= 11 is 0. The lowest BCUT2D eigenvalue weighted by molar-refractivity contribution is 0.249. The van der Waals surface area contributed by atoms with Gasteiger partial charge in [0, 0.05) is 7.05 Å². The number of urea groups is 1. The fourth-order valence-corrected chi connectivity index (χ4v) is 0.686. The molecule has 0 bridgehead atoms. The van der Waals surface area contributed by atoms with Crippen molar-refractivity contribution < 1.29 is 4.79 Å². The van der Waals surface area contributed by atoms with Crippen molar-refractivity contribution in [3.05, 3.63) is 5.69 Å². The van der Waals surface area contributed by atoms with E-state index in [0.717, 1.165) is 0 Å². The number of carbonyl (C=O) groups excluding carboxylic acids is 1. The number of amides is 2. The number of primary amides is 1. The SMILES string of the molecule is Cn1nc(N)c(/C=N/NC(N)=O)n1. The van der Waals surface area contributed by atoms with Crippen LogP contribution in [0.25, 0.3) is 0 Å². The van der Waals surface area contributed by atoms with E-state index in [1.54, 1.807) is 7.05 Å². The monoisotopic (exact) mass is 183 g/mol. The van der Waals surface area contributed by atoms with E-state index in [4.69, 9.17) is 11.5 Å². The van der Waals surface area contributed by atoms with E-state index >= 15 is 0 Å². The van der Waals surface area contributed by atoms with E-state index in [9.17, 15) is 4.79 Å². The molecule has 0 radical (unpaired) electrons. The lowest BCUT2D eigenvalue weighted by Crippen LogP contribution is -2.24. The molecular formula is C5H9N7O. The summed E-state index contributed by atoms with van der Waals surface area (Å²) in [4.78, 5) is 11.5. The normalized spacial score (nSPS) is 10.5. The predicted octanol–water partition coefficient (Wildman–Crippen LogP) is -1.60. The first-order chi connectivity index (χ1) is 6.09. The van der Waals surface area contributed by atoms with Gasteiger partial charge in [0.2, 0.25) is 0 Å². The van der Waals surface area contributed by atoms with Crippen molar-refractivity contribution in [2.75, 3.05) is 5.73 Å². The maximum Gasteiger partial charge on any atom is 0.332 e. The molecule has 0 aliphatic heterocycles. The molecule has 70 valence electrons. The zero-order chi connectivity index (χ0) is 9.84. The Morgan fingerprint density at radius 2 is 2.38 bits per heavy atom. The van der Waals surface area contributed by atoms with Crippen molar-refractivity contribution in [1.82, 2.24) is 20.4 Å². The molecule has 1 aromatic heterocycles. The molecule has 1 rings (SSSR count). The molecule has 1 heterocycles. The average molecular weight is 183 g/mol. The molecule has 0 atom stereocenters. The molecule has 0 aliphatic carbocycles. The van der Waals surface area contributed by atoms with Crippen LogP contribution in [0.4, 0.5) is 10.6 Å². The van der Waals surface area contributed by atoms with Crippen molar-refractivity contribution >= 4 is 18.1 Å². The summed E-state index contributed by atoms with van der Waals surface area (Å²) in [5, 5.41) is 11.1. The van der Waals surface area contributed by atoms with Crippen LogP contribution in [0.3, 0.4) is 0 Å². The van der Waals surface area contributed by atoms with Crippen molar-refractivity contribution in [3.63, 3.8) is 0 Å². The van der Waals surface area contributed by atoms with Crippen LogP contribution in [0.1, 0.15) is 5.69 Å². The van der Waals surface area contributed by atoms with Crippen LogP contribution in [0, 0.1) is 0 Å². The summed E-state index contributed by atoms with van der Waals surface area (Å²) in [5.41, 5.74) is 12.6. The summed E-state index contributed by atoms with van der Waals surface area (Å²) < 4.78 is 0. The highest BCUT2D eigenvalue weighted by Crippen LogP contribution is 1.98. The van der Waals surface area contributed by atoms with Gasteiger partial charge in [-0.1, -0.05) is 0 Å². The molecule has 0 fully saturated rings. The number of aromatic nitrogens is 3. The van der Waals surface area contributed by atoms with Crippen LogP contribution in [0.15, 0.2) is 5.10 Å². The molecule has 13 heavy (non-hydrogen) atoms. The third-order valence-corrected chi connectivity index (χ3v) is 1.13. The van der Waals surface area contributed by atoms with Crippen LogP contribution in [-0.4, -0.2) is 27.2 Å². The molecule has 8 nitrogen and oxygen atoms in total. The molecule has 0 saturated heterocycles. The Labute approximate surface area is 73.6 Å². The smallest absolute Gasteiger partial charge is 0.332 e. The Morgan fingerprint density at radius 3 is 2.85 bits per heavy atom. The number of rotatable bonds is 2. The summed E-state index contributed by atoms with van der Waals surface area (Å²) in [6.45, 7) is 0. The molecule has 0 spiro atoms. The summed E-state index contributed by atoms with van der Waals surface area (Å²) in [6, 6.07) is -0.751. The molecule has 1 aromatic rings. The summed E-state index contributed by atoms with van der Waals surface area (Å²) in [7, 11) is 1.62. The molecule has 8 heteroatoms. The topological polar surface area (TPSA) is 124 Å². The second-order valence-corrected chi connectivity index (χ2v) is 2.19. The second kappa shape index (κ2) is 3.52. The molecular weight excluding hydrogens is 174 g/mol. The summed E-state index contributed by atoms with van der Waals surface area (Å²) in [5.74, 6) is 0.234. The number of nitrogen functional groups attached to an aromatic ring is 1. The predicted molar refractivity (Wildman–Crippen MR) is 45.7 cm³/mol. The number of anilines is 1. The van der Waals surface area contributed by atoms with Gasteiger partial charge in [-0.2, -0.15) is 15.0 Å². The van der Waals surface area contributed by atoms with E-state index in [2.05, 4.69) is 15.3 Å². The Kier molecular flexibility index (Phi) is 2.43.